The second kappa shape index (κ2) is 12.4. The highest BCUT2D eigenvalue weighted by Crippen LogP contribution is 2.39. The highest BCUT2D eigenvalue weighted by atomic mass is 35.5. The standard InChI is InChI=1S/C29H34ClN3O4/c1-4-6-16-36-29(35)33-15-13-24-25-17-21(30)9-12-26(25)31-27(24)28(33)20-7-10-23(11-8-20)37-19-22(34)18-32(3)14-5-2/h7-12,17,22,28,31,34H,5,13-16,18-19H2,1-3H3. The number of hydrogen-bond acceptors (Lipinski definition) is 5. The molecular weight excluding hydrogens is 490 g/mol. The number of aliphatic hydroxyl groups excluding tert-OH is 1. The Morgan fingerprint density at radius 1 is 1.30 bits per heavy atom. The van der Waals surface area contributed by atoms with E-state index in [9.17, 15) is 9.90 Å². The normalized spacial score (nSPS) is 15.7. The van der Waals surface area contributed by atoms with Gasteiger partial charge in [0.15, 0.2) is 6.61 Å². The molecule has 0 saturated heterocycles. The van der Waals surface area contributed by atoms with Crippen LogP contribution in [0.3, 0.4) is 0 Å². The van der Waals surface area contributed by atoms with Crippen molar-refractivity contribution in [1.82, 2.24) is 14.8 Å². The lowest BCUT2D eigenvalue weighted by atomic mass is 9.92. The number of benzene rings is 2. The highest BCUT2D eigenvalue weighted by molar-refractivity contribution is 6.31. The predicted molar refractivity (Wildman–Crippen MR) is 146 cm³/mol. The summed E-state index contributed by atoms with van der Waals surface area (Å²) in [5, 5.41) is 12.0. The molecule has 0 fully saturated rings. The summed E-state index contributed by atoms with van der Waals surface area (Å²) in [5.41, 5.74) is 4.01. The number of amides is 1. The smallest absolute Gasteiger partial charge is 0.411 e. The number of carbonyl (C=O) groups is 1. The molecule has 0 bridgehead atoms. The van der Waals surface area contributed by atoms with Crippen molar-refractivity contribution in [3.8, 4) is 17.6 Å². The van der Waals surface area contributed by atoms with Crippen LogP contribution in [0.5, 0.6) is 5.75 Å². The predicted octanol–water partition coefficient (Wildman–Crippen LogP) is 5.01. The molecule has 0 radical (unpaired) electrons. The summed E-state index contributed by atoms with van der Waals surface area (Å²) in [7, 11) is 1.99. The van der Waals surface area contributed by atoms with E-state index in [-0.39, 0.29) is 19.3 Å². The third kappa shape index (κ3) is 6.40. The Bertz CT molecular complexity index is 1280. The van der Waals surface area contributed by atoms with Crippen LogP contribution in [0.15, 0.2) is 42.5 Å². The van der Waals surface area contributed by atoms with Gasteiger partial charge in [-0.25, -0.2) is 4.79 Å². The lowest BCUT2D eigenvalue weighted by molar-refractivity contribution is 0.0763. The maximum atomic E-state index is 13.1. The zero-order chi connectivity index (χ0) is 26.4. The van der Waals surface area contributed by atoms with Crippen LogP contribution in [0.1, 0.15) is 43.1 Å². The molecule has 2 unspecified atom stereocenters. The third-order valence-electron chi connectivity index (χ3n) is 6.53. The van der Waals surface area contributed by atoms with Crippen molar-refractivity contribution in [3.63, 3.8) is 0 Å². The van der Waals surface area contributed by atoms with Crippen LogP contribution in [0.25, 0.3) is 10.9 Å². The molecule has 0 spiro atoms. The van der Waals surface area contributed by atoms with Gasteiger partial charge in [0.05, 0.1) is 0 Å². The number of aliphatic hydroxyl groups is 1. The van der Waals surface area contributed by atoms with Crippen LogP contribution < -0.4 is 4.74 Å². The summed E-state index contributed by atoms with van der Waals surface area (Å²) in [6, 6.07) is 13.1. The van der Waals surface area contributed by atoms with Crippen LogP contribution in [0.2, 0.25) is 5.02 Å². The van der Waals surface area contributed by atoms with Gasteiger partial charge < -0.3 is 24.5 Å². The van der Waals surface area contributed by atoms with Crippen molar-refractivity contribution in [1.29, 1.82) is 0 Å². The maximum absolute atomic E-state index is 13.1. The number of H-pyrrole nitrogens is 1. The van der Waals surface area contributed by atoms with E-state index < -0.39 is 12.2 Å². The summed E-state index contributed by atoms with van der Waals surface area (Å²) >= 11 is 6.29. The van der Waals surface area contributed by atoms with E-state index in [4.69, 9.17) is 21.1 Å². The van der Waals surface area contributed by atoms with E-state index in [1.54, 1.807) is 11.8 Å². The number of nitrogens with zero attached hydrogens (tertiary/aromatic N) is 2. The minimum atomic E-state index is -0.577. The largest absolute Gasteiger partial charge is 0.491 e. The minimum Gasteiger partial charge on any atom is -0.491 e. The fourth-order valence-corrected chi connectivity index (χ4v) is 5.05. The number of hydrogen-bond donors (Lipinski definition) is 2. The third-order valence-corrected chi connectivity index (χ3v) is 6.77. The number of halogens is 1. The maximum Gasteiger partial charge on any atom is 0.411 e. The number of rotatable bonds is 9. The van der Waals surface area contributed by atoms with Crippen LogP contribution in [0.4, 0.5) is 4.79 Å². The van der Waals surface area contributed by atoms with Gasteiger partial charge in [0.25, 0.3) is 0 Å². The Balaban J connectivity index is 1.57. The van der Waals surface area contributed by atoms with Crippen molar-refractivity contribution >= 4 is 28.6 Å². The zero-order valence-electron chi connectivity index (χ0n) is 21.6. The molecule has 3 aromatic rings. The molecule has 7 nitrogen and oxygen atoms in total. The van der Waals surface area contributed by atoms with Gasteiger partial charge in [-0.05, 0) is 74.8 Å². The summed E-state index contributed by atoms with van der Waals surface area (Å²) in [6.07, 6.45) is 0.738. The van der Waals surface area contributed by atoms with Crippen LogP contribution in [-0.2, 0) is 11.2 Å². The lowest BCUT2D eigenvalue weighted by Gasteiger charge is -2.35. The first kappa shape index (κ1) is 26.9. The first-order chi connectivity index (χ1) is 17.9. The SMILES string of the molecule is CC#CCOC(=O)N1CCc2c([nH]c3ccc(Cl)cc23)C1c1ccc(OCC(O)CN(C)CCC)cc1. The van der Waals surface area contributed by atoms with Gasteiger partial charge in [-0.1, -0.05) is 36.6 Å². The molecular formula is C29H34ClN3O4. The van der Waals surface area contributed by atoms with Crippen molar-refractivity contribution in [2.45, 2.75) is 38.8 Å². The van der Waals surface area contributed by atoms with Gasteiger partial charge in [0, 0.05) is 34.7 Å². The first-order valence-electron chi connectivity index (χ1n) is 12.6. The highest BCUT2D eigenvalue weighted by Gasteiger charge is 2.35. The molecule has 4 rings (SSSR count). The minimum absolute atomic E-state index is 0.0519. The van der Waals surface area contributed by atoms with E-state index in [0.717, 1.165) is 40.7 Å². The van der Waals surface area contributed by atoms with Crippen molar-refractivity contribution < 1.29 is 19.4 Å². The average Bonchev–Trinajstić information content (AvgIpc) is 3.25. The monoisotopic (exact) mass is 523 g/mol. The summed E-state index contributed by atoms with van der Waals surface area (Å²) < 4.78 is 11.3. The van der Waals surface area contributed by atoms with Crippen molar-refractivity contribution in [3.05, 3.63) is 64.3 Å². The summed E-state index contributed by atoms with van der Waals surface area (Å²) in [4.78, 5) is 20.4. The van der Waals surface area contributed by atoms with Crippen molar-refractivity contribution in [2.24, 2.45) is 0 Å². The van der Waals surface area contributed by atoms with E-state index >= 15 is 0 Å². The molecule has 1 aliphatic rings. The molecule has 2 atom stereocenters. The number of likely N-dealkylation sites (N-methyl/N-ethyl adjacent to an activating group) is 1. The number of aromatic amines is 1. The number of fused-ring (bicyclic) bond motifs is 3. The molecule has 1 amide bonds. The molecule has 2 aromatic carbocycles. The molecule has 2 heterocycles. The van der Waals surface area contributed by atoms with Crippen LogP contribution in [0, 0.1) is 11.8 Å². The fraction of sp³-hybridized carbons (Fsp3) is 0.414. The van der Waals surface area contributed by atoms with Crippen LogP contribution >= 0.6 is 11.6 Å². The lowest BCUT2D eigenvalue weighted by Crippen LogP contribution is -2.41. The van der Waals surface area contributed by atoms with Gasteiger partial charge in [-0.15, -0.1) is 5.92 Å². The van der Waals surface area contributed by atoms with Gasteiger partial charge in [-0.2, -0.15) is 0 Å². The molecule has 2 N–H and O–H groups in total. The van der Waals surface area contributed by atoms with E-state index in [2.05, 4.69) is 28.6 Å². The topological polar surface area (TPSA) is 78.0 Å². The molecule has 196 valence electrons. The molecule has 0 saturated carbocycles. The summed E-state index contributed by atoms with van der Waals surface area (Å²) in [5.74, 6) is 6.20. The molecule has 1 aliphatic heterocycles. The number of aromatic nitrogens is 1. The second-order valence-corrected chi connectivity index (χ2v) is 9.77. The van der Waals surface area contributed by atoms with E-state index in [1.165, 1.54) is 0 Å². The van der Waals surface area contributed by atoms with Crippen LogP contribution in [-0.4, -0.2) is 72.0 Å². The van der Waals surface area contributed by atoms with Crippen molar-refractivity contribution in [2.75, 3.05) is 39.9 Å². The number of carbonyl (C=O) groups excluding carboxylic acids is 1. The fourth-order valence-electron chi connectivity index (χ4n) is 4.88. The molecule has 0 aliphatic carbocycles. The van der Waals surface area contributed by atoms with Gasteiger partial charge in [-0.3, -0.25) is 4.90 Å². The number of ether oxygens (including phenoxy) is 2. The Kier molecular flexibility index (Phi) is 8.99. The zero-order valence-corrected chi connectivity index (χ0v) is 22.3. The Morgan fingerprint density at radius 2 is 2.08 bits per heavy atom. The second-order valence-electron chi connectivity index (χ2n) is 9.33. The van der Waals surface area contributed by atoms with Gasteiger partial charge in [0.2, 0.25) is 0 Å². The number of nitrogens with one attached hydrogen (secondary N) is 1. The Hall–Kier alpha value is -3.18. The van der Waals surface area contributed by atoms with Gasteiger partial charge in [0.1, 0.15) is 24.5 Å². The van der Waals surface area contributed by atoms with Gasteiger partial charge >= 0.3 is 6.09 Å². The quantitative estimate of drug-likeness (QED) is 0.385. The molecule has 37 heavy (non-hydrogen) atoms. The Labute approximate surface area is 223 Å². The summed E-state index contributed by atoms with van der Waals surface area (Å²) in [6.45, 7) is 6.08. The van der Waals surface area contributed by atoms with E-state index in [0.29, 0.717) is 30.3 Å². The Morgan fingerprint density at radius 3 is 2.81 bits per heavy atom. The average molecular weight is 524 g/mol. The molecule has 8 heteroatoms. The first-order valence-corrected chi connectivity index (χ1v) is 13.0. The van der Waals surface area contributed by atoms with E-state index in [1.807, 2.05) is 49.5 Å². The molecule has 1 aromatic heterocycles.